The maximum Gasteiger partial charge on any atom is 0.352 e. The predicted octanol–water partition coefficient (Wildman–Crippen LogP) is 4.83. The maximum atomic E-state index is 13.5. The molecule has 0 aliphatic heterocycles. The fourth-order valence-electron chi connectivity index (χ4n) is 1.50. The van der Waals surface area contributed by atoms with E-state index in [2.05, 4.69) is 0 Å². The van der Waals surface area contributed by atoms with Crippen molar-refractivity contribution in [3.8, 4) is 11.5 Å². The van der Waals surface area contributed by atoms with E-state index in [1.807, 2.05) is 13.8 Å². The van der Waals surface area contributed by atoms with Crippen LogP contribution in [0.1, 0.15) is 11.1 Å². The molecule has 0 spiro atoms. The number of benzene rings is 2. The molecule has 104 valence electrons. The van der Waals surface area contributed by atoms with Crippen molar-refractivity contribution in [2.75, 3.05) is 0 Å². The van der Waals surface area contributed by atoms with Crippen LogP contribution in [0.3, 0.4) is 0 Å². The van der Waals surface area contributed by atoms with E-state index in [9.17, 15) is 8.78 Å². The van der Waals surface area contributed by atoms with Gasteiger partial charge in [-0.1, -0.05) is 35.4 Å². The van der Waals surface area contributed by atoms with Crippen LogP contribution in [-0.2, 0) is 0 Å². The molecule has 0 bridgehead atoms. The summed E-state index contributed by atoms with van der Waals surface area (Å²) in [5, 5.41) is 0. The zero-order chi connectivity index (χ0) is 14.5. The normalized spacial score (nSPS) is 11.8. The molecule has 0 N–H and O–H groups in total. The highest BCUT2D eigenvalue weighted by Gasteiger charge is 2.11. The molecule has 0 saturated heterocycles. The van der Waals surface area contributed by atoms with Gasteiger partial charge in [0.2, 0.25) is 0 Å². The van der Waals surface area contributed by atoms with Crippen LogP contribution in [0.5, 0.6) is 11.5 Å². The molecular weight excluding hydrogens is 262 g/mol. The molecule has 2 rings (SSSR count). The number of aryl methyl sites for hydroxylation is 2. The summed E-state index contributed by atoms with van der Waals surface area (Å²) >= 11 is 0. The van der Waals surface area contributed by atoms with E-state index in [-0.39, 0.29) is 11.5 Å². The Hall–Kier alpha value is -2.36. The van der Waals surface area contributed by atoms with Crippen LogP contribution in [0.4, 0.5) is 8.78 Å². The van der Waals surface area contributed by atoms with E-state index in [0.717, 1.165) is 11.1 Å². The van der Waals surface area contributed by atoms with Crippen molar-refractivity contribution in [3.63, 3.8) is 0 Å². The molecule has 0 unspecified atom stereocenters. The van der Waals surface area contributed by atoms with Crippen molar-refractivity contribution >= 4 is 0 Å². The molecule has 4 heteroatoms. The third-order valence-corrected chi connectivity index (χ3v) is 2.61. The fraction of sp³-hybridized carbons (Fsp3) is 0.125. The zero-order valence-electron chi connectivity index (χ0n) is 11.2. The number of rotatable bonds is 4. The first-order valence-corrected chi connectivity index (χ1v) is 6.09. The van der Waals surface area contributed by atoms with Gasteiger partial charge in [-0.3, -0.25) is 0 Å². The van der Waals surface area contributed by atoms with E-state index >= 15 is 0 Å². The van der Waals surface area contributed by atoms with Gasteiger partial charge in [0.15, 0.2) is 0 Å². The first-order chi connectivity index (χ1) is 9.54. The van der Waals surface area contributed by atoms with Crippen LogP contribution >= 0.6 is 0 Å². The number of ether oxygens (including phenoxy) is 2. The van der Waals surface area contributed by atoms with Gasteiger partial charge in [0.25, 0.3) is 0 Å². The SMILES string of the molecule is Cc1ccc(O/C(F)=C(\F)Oc2ccc(C)cc2)cc1. The molecule has 0 atom stereocenters. The Labute approximate surface area is 116 Å². The molecule has 2 nitrogen and oxygen atoms in total. The molecule has 0 radical (unpaired) electrons. The smallest absolute Gasteiger partial charge is 0.352 e. The van der Waals surface area contributed by atoms with Crippen LogP contribution < -0.4 is 9.47 Å². The molecule has 2 aromatic carbocycles. The van der Waals surface area contributed by atoms with Crippen LogP contribution in [0.25, 0.3) is 0 Å². The van der Waals surface area contributed by atoms with Crippen molar-refractivity contribution in [1.82, 2.24) is 0 Å². The summed E-state index contributed by atoms with van der Waals surface area (Å²) in [6, 6.07) is 10.3. The lowest BCUT2D eigenvalue weighted by molar-refractivity contribution is 0.203. The van der Waals surface area contributed by atoms with Crippen molar-refractivity contribution in [1.29, 1.82) is 0 Å². The largest absolute Gasteiger partial charge is 0.427 e. The number of halogens is 2. The first-order valence-electron chi connectivity index (χ1n) is 6.09. The summed E-state index contributed by atoms with van der Waals surface area (Å²) in [4.78, 5) is 0. The molecule has 0 aliphatic carbocycles. The molecule has 0 fully saturated rings. The van der Waals surface area contributed by atoms with Gasteiger partial charge in [0.05, 0.1) is 0 Å². The highest BCUT2D eigenvalue weighted by Crippen LogP contribution is 2.21. The van der Waals surface area contributed by atoms with E-state index < -0.39 is 12.0 Å². The Morgan fingerprint density at radius 1 is 0.650 bits per heavy atom. The Kier molecular flexibility index (Phi) is 4.35. The topological polar surface area (TPSA) is 18.5 Å². The van der Waals surface area contributed by atoms with Crippen LogP contribution in [0.2, 0.25) is 0 Å². The summed E-state index contributed by atoms with van der Waals surface area (Å²) < 4.78 is 36.5. The van der Waals surface area contributed by atoms with Crippen molar-refractivity contribution in [3.05, 3.63) is 71.7 Å². The van der Waals surface area contributed by atoms with Gasteiger partial charge in [-0.25, -0.2) is 0 Å². The third kappa shape index (κ3) is 3.82. The second-order valence-electron chi connectivity index (χ2n) is 4.38. The van der Waals surface area contributed by atoms with E-state index in [4.69, 9.17) is 9.47 Å². The highest BCUT2D eigenvalue weighted by atomic mass is 19.2. The molecule has 0 aromatic heterocycles. The van der Waals surface area contributed by atoms with Crippen molar-refractivity contribution < 1.29 is 18.3 Å². The minimum atomic E-state index is -1.41. The van der Waals surface area contributed by atoms with Crippen molar-refractivity contribution in [2.45, 2.75) is 13.8 Å². The van der Waals surface area contributed by atoms with Crippen LogP contribution in [-0.4, -0.2) is 0 Å². The molecule has 0 amide bonds. The third-order valence-electron chi connectivity index (χ3n) is 2.61. The zero-order valence-corrected chi connectivity index (χ0v) is 11.2. The van der Waals surface area contributed by atoms with Gasteiger partial charge in [-0.2, -0.15) is 8.78 Å². The van der Waals surface area contributed by atoms with Gasteiger partial charge >= 0.3 is 12.0 Å². The average Bonchev–Trinajstić information content (AvgIpc) is 2.44. The van der Waals surface area contributed by atoms with E-state index in [1.165, 1.54) is 0 Å². The lowest BCUT2D eigenvalue weighted by atomic mass is 10.2. The maximum absolute atomic E-state index is 13.5. The molecular formula is C16H14F2O2. The first kappa shape index (κ1) is 14.1. The van der Waals surface area contributed by atoms with Gasteiger partial charge in [-0.05, 0) is 38.1 Å². The number of hydrogen-bond acceptors (Lipinski definition) is 2. The Morgan fingerprint density at radius 2 is 0.950 bits per heavy atom. The van der Waals surface area contributed by atoms with Gasteiger partial charge < -0.3 is 9.47 Å². The van der Waals surface area contributed by atoms with Crippen LogP contribution in [0.15, 0.2) is 60.6 Å². The van der Waals surface area contributed by atoms with Gasteiger partial charge in [0.1, 0.15) is 11.5 Å². The lowest BCUT2D eigenvalue weighted by Crippen LogP contribution is -1.98. The van der Waals surface area contributed by atoms with Gasteiger partial charge in [0, 0.05) is 0 Å². The second kappa shape index (κ2) is 6.19. The second-order valence-corrected chi connectivity index (χ2v) is 4.38. The fourth-order valence-corrected chi connectivity index (χ4v) is 1.50. The Bertz CT molecular complexity index is 546. The Morgan fingerprint density at radius 3 is 1.25 bits per heavy atom. The van der Waals surface area contributed by atoms with Gasteiger partial charge in [-0.15, -0.1) is 0 Å². The van der Waals surface area contributed by atoms with Crippen LogP contribution in [0, 0.1) is 13.8 Å². The molecule has 0 saturated carbocycles. The minimum absolute atomic E-state index is 0.204. The summed E-state index contributed by atoms with van der Waals surface area (Å²) in [7, 11) is 0. The quantitative estimate of drug-likeness (QED) is 0.745. The summed E-state index contributed by atoms with van der Waals surface area (Å²) in [6.07, 6.45) is 0. The summed E-state index contributed by atoms with van der Waals surface area (Å²) in [6.45, 7) is 3.77. The summed E-state index contributed by atoms with van der Waals surface area (Å²) in [5.41, 5.74) is 2.00. The monoisotopic (exact) mass is 276 g/mol. The molecule has 20 heavy (non-hydrogen) atoms. The number of hydrogen-bond donors (Lipinski definition) is 0. The van der Waals surface area contributed by atoms with E-state index in [1.54, 1.807) is 48.5 Å². The molecule has 0 heterocycles. The minimum Gasteiger partial charge on any atom is -0.427 e. The molecule has 0 aliphatic rings. The predicted molar refractivity (Wildman–Crippen MR) is 72.9 cm³/mol. The highest BCUT2D eigenvalue weighted by molar-refractivity contribution is 5.29. The lowest BCUT2D eigenvalue weighted by Gasteiger charge is -2.06. The van der Waals surface area contributed by atoms with Crippen molar-refractivity contribution in [2.24, 2.45) is 0 Å². The average molecular weight is 276 g/mol. The standard InChI is InChI=1S/C16H14F2O2/c1-11-3-7-13(8-4-11)19-15(17)16(18)20-14-9-5-12(2)6-10-14/h3-10H,1-2H3/b16-15+. The Balaban J connectivity index is 2.06. The summed E-state index contributed by atoms with van der Waals surface area (Å²) in [5.74, 6) is 0.409. The molecule has 2 aromatic rings. The van der Waals surface area contributed by atoms with E-state index in [0.29, 0.717) is 0 Å².